The van der Waals surface area contributed by atoms with Gasteiger partial charge < -0.3 is 20.1 Å². The molecule has 0 aromatic carbocycles. The van der Waals surface area contributed by atoms with Gasteiger partial charge in [-0.25, -0.2) is 28.2 Å². The van der Waals surface area contributed by atoms with Gasteiger partial charge in [-0.05, 0) is 0 Å². The lowest BCUT2D eigenvalue weighted by molar-refractivity contribution is 0.00530. The Hall–Kier alpha value is -2.92. The molecule has 29 heavy (non-hydrogen) atoms. The molecule has 11 heteroatoms. The van der Waals surface area contributed by atoms with E-state index in [0.29, 0.717) is 36.8 Å². The van der Waals surface area contributed by atoms with E-state index >= 15 is 0 Å². The van der Waals surface area contributed by atoms with Gasteiger partial charge in [0.05, 0.1) is 44.7 Å². The lowest BCUT2D eigenvalue weighted by Crippen LogP contribution is -2.30. The van der Waals surface area contributed by atoms with Gasteiger partial charge in [0.1, 0.15) is 29.0 Å². The maximum Gasteiger partial charge on any atom is 0.223 e. The fraction of sp³-hybridized carbons (Fsp3) is 0.444. The van der Waals surface area contributed by atoms with E-state index in [2.05, 4.69) is 30.7 Å². The maximum atomic E-state index is 14.6. The average Bonchev–Trinajstić information content (AvgIpc) is 3.27. The molecule has 0 bridgehead atoms. The van der Waals surface area contributed by atoms with Gasteiger partial charge in [-0.15, -0.1) is 0 Å². The van der Waals surface area contributed by atoms with Gasteiger partial charge in [0.25, 0.3) is 0 Å². The van der Waals surface area contributed by atoms with E-state index in [9.17, 15) is 8.78 Å². The number of halogens is 2. The Kier molecular flexibility index (Phi) is 4.47. The van der Waals surface area contributed by atoms with Gasteiger partial charge in [-0.3, -0.25) is 0 Å². The van der Waals surface area contributed by atoms with Crippen LogP contribution in [0.15, 0.2) is 18.5 Å². The minimum Gasteiger partial charge on any atom is -0.495 e. The Morgan fingerprint density at radius 3 is 2.83 bits per heavy atom. The van der Waals surface area contributed by atoms with Crippen LogP contribution >= 0.6 is 0 Å². The van der Waals surface area contributed by atoms with Gasteiger partial charge in [0.15, 0.2) is 11.5 Å². The summed E-state index contributed by atoms with van der Waals surface area (Å²) in [5, 5.41) is 10.5. The lowest BCUT2D eigenvalue weighted by Gasteiger charge is -2.26. The van der Waals surface area contributed by atoms with Gasteiger partial charge in [-0.2, -0.15) is 5.10 Å². The van der Waals surface area contributed by atoms with Crippen LogP contribution < -0.4 is 15.4 Å². The van der Waals surface area contributed by atoms with Crippen LogP contribution in [0.3, 0.4) is 0 Å². The van der Waals surface area contributed by atoms with Crippen LogP contribution in [0, 0.1) is 5.82 Å². The molecule has 0 spiro atoms. The van der Waals surface area contributed by atoms with Crippen molar-refractivity contribution in [1.82, 2.24) is 29.9 Å². The highest BCUT2D eigenvalue weighted by atomic mass is 19.1. The first-order valence-corrected chi connectivity index (χ1v) is 9.28. The number of anilines is 1. The first-order chi connectivity index (χ1) is 14.1. The summed E-state index contributed by atoms with van der Waals surface area (Å²) in [5.41, 5.74) is 1.62. The number of alkyl halides is 1. The molecule has 5 heterocycles. The van der Waals surface area contributed by atoms with E-state index in [1.165, 1.54) is 10.7 Å². The highest BCUT2D eigenvalue weighted by molar-refractivity contribution is 5.62. The number of aromatic nitrogens is 5. The predicted octanol–water partition coefficient (Wildman–Crippen LogP) is 1.17. The molecule has 2 atom stereocenters. The van der Waals surface area contributed by atoms with E-state index in [1.54, 1.807) is 13.2 Å². The third-order valence-electron chi connectivity index (χ3n) is 5.17. The molecule has 0 aliphatic carbocycles. The third kappa shape index (κ3) is 3.15. The number of ether oxygens (including phenoxy) is 2. The largest absolute Gasteiger partial charge is 0.495 e. The number of hydrogen-bond donors (Lipinski definition) is 2. The summed E-state index contributed by atoms with van der Waals surface area (Å²) < 4.78 is 40.7. The van der Waals surface area contributed by atoms with Gasteiger partial charge in [0.2, 0.25) is 5.95 Å². The van der Waals surface area contributed by atoms with Crippen LogP contribution in [0.25, 0.3) is 17.0 Å². The number of rotatable bonds is 5. The Bertz CT molecular complexity index is 1060. The molecule has 2 fully saturated rings. The number of nitrogens with zero attached hydrogens (tertiary/aromatic N) is 5. The highest BCUT2D eigenvalue weighted by Crippen LogP contribution is 2.32. The fourth-order valence-electron chi connectivity index (χ4n) is 3.48. The zero-order chi connectivity index (χ0) is 20.0. The quantitative estimate of drug-likeness (QED) is 0.655. The Morgan fingerprint density at radius 1 is 1.28 bits per heavy atom. The SMILES string of the molecule is COc1cc2ncc(-c3nc(NC4CNCC4F)ncc3F)n2nc1C1COC1. The summed E-state index contributed by atoms with van der Waals surface area (Å²) >= 11 is 0. The second-order valence-electron chi connectivity index (χ2n) is 7.06. The normalized spacial score (nSPS) is 22.0. The molecular formula is C18H19F2N7O2. The maximum absolute atomic E-state index is 14.6. The van der Waals surface area contributed by atoms with Crippen molar-refractivity contribution in [3.05, 3.63) is 30.0 Å². The number of fused-ring (bicyclic) bond motifs is 1. The van der Waals surface area contributed by atoms with E-state index in [-0.39, 0.29) is 24.1 Å². The van der Waals surface area contributed by atoms with Crippen molar-refractivity contribution in [2.75, 3.05) is 38.7 Å². The lowest BCUT2D eigenvalue weighted by atomic mass is 10.0. The summed E-state index contributed by atoms with van der Waals surface area (Å²) in [6.07, 6.45) is 1.49. The van der Waals surface area contributed by atoms with Crippen LogP contribution in [-0.2, 0) is 4.74 Å². The molecule has 0 saturated carbocycles. The molecule has 2 aliphatic heterocycles. The number of imidazole rings is 1. The van der Waals surface area contributed by atoms with E-state index < -0.39 is 18.0 Å². The highest BCUT2D eigenvalue weighted by Gasteiger charge is 2.29. The summed E-state index contributed by atoms with van der Waals surface area (Å²) in [5.74, 6) is 0.239. The van der Waals surface area contributed by atoms with E-state index in [0.717, 1.165) is 11.9 Å². The van der Waals surface area contributed by atoms with Crippen molar-refractivity contribution in [2.24, 2.45) is 0 Å². The molecule has 2 N–H and O–H groups in total. The first kappa shape index (κ1) is 18.1. The van der Waals surface area contributed by atoms with Crippen LogP contribution in [0.2, 0.25) is 0 Å². The Morgan fingerprint density at radius 2 is 2.14 bits per heavy atom. The third-order valence-corrected chi connectivity index (χ3v) is 5.17. The minimum atomic E-state index is -1.07. The predicted molar refractivity (Wildman–Crippen MR) is 99.3 cm³/mol. The molecule has 5 rings (SSSR count). The van der Waals surface area contributed by atoms with Crippen LogP contribution in [0.5, 0.6) is 5.75 Å². The van der Waals surface area contributed by atoms with Crippen molar-refractivity contribution in [2.45, 2.75) is 18.1 Å². The van der Waals surface area contributed by atoms with Crippen molar-refractivity contribution in [3.8, 4) is 17.1 Å². The summed E-state index contributed by atoms with van der Waals surface area (Å²) in [6.45, 7) is 1.81. The topological polar surface area (TPSA) is 98.5 Å². The molecule has 2 aliphatic rings. The van der Waals surface area contributed by atoms with Crippen LogP contribution in [-0.4, -0.2) is 70.2 Å². The summed E-state index contributed by atoms with van der Waals surface area (Å²) in [6, 6.07) is 1.28. The van der Waals surface area contributed by atoms with Crippen molar-refractivity contribution < 1.29 is 18.3 Å². The number of methoxy groups -OCH3 is 1. The second-order valence-corrected chi connectivity index (χ2v) is 7.06. The van der Waals surface area contributed by atoms with Crippen molar-refractivity contribution in [3.63, 3.8) is 0 Å². The molecule has 3 aromatic heterocycles. The van der Waals surface area contributed by atoms with E-state index in [4.69, 9.17) is 9.47 Å². The first-order valence-electron chi connectivity index (χ1n) is 9.28. The van der Waals surface area contributed by atoms with Gasteiger partial charge >= 0.3 is 0 Å². The Labute approximate surface area is 164 Å². The Balaban J connectivity index is 1.55. The average molecular weight is 403 g/mol. The number of nitrogens with one attached hydrogen (secondary N) is 2. The second kappa shape index (κ2) is 7.16. The molecule has 9 nitrogen and oxygen atoms in total. The van der Waals surface area contributed by atoms with Gasteiger partial charge in [-0.1, -0.05) is 0 Å². The standard InChI is InChI=1S/C18H19F2N7O2/c1-28-14-2-15-22-6-13(27(15)26-16(14)9-7-29-8-9)17-11(20)4-23-18(25-17)24-12-5-21-3-10(12)19/h2,4,6,9-10,12,21H,3,5,7-8H2,1H3,(H,23,24,25). The van der Waals surface area contributed by atoms with Crippen LogP contribution in [0.1, 0.15) is 11.6 Å². The van der Waals surface area contributed by atoms with E-state index in [1.807, 2.05) is 0 Å². The molecule has 152 valence electrons. The zero-order valence-electron chi connectivity index (χ0n) is 15.6. The van der Waals surface area contributed by atoms with Crippen LogP contribution in [0.4, 0.5) is 14.7 Å². The zero-order valence-corrected chi connectivity index (χ0v) is 15.6. The molecule has 2 saturated heterocycles. The molecule has 2 unspecified atom stereocenters. The monoisotopic (exact) mass is 403 g/mol. The minimum absolute atomic E-state index is 0.0323. The molecule has 3 aromatic rings. The molecule has 0 radical (unpaired) electrons. The van der Waals surface area contributed by atoms with Crippen molar-refractivity contribution >= 4 is 11.6 Å². The summed E-state index contributed by atoms with van der Waals surface area (Å²) in [4.78, 5) is 12.5. The number of hydrogen-bond acceptors (Lipinski definition) is 8. The fourth-order valence-corrected chi connectivity index (χ4v) is 3.48. The molecular weight excluding hydrogens is 384 g/mol. The van der Waals surface area contributed by atoms with Crippen molar-refractivity contribution in [1.29, 1.82) is 0 Å². The molecule has 0 amide bonds. The summed E-state index contributed by atoms with van der Waals surface area (Å²) in [7, 11) is 1.57. The smallest absolute Gasteiger partial charge is 0.223 e. The van der Waals surface area contributed by atoms with Gasteiger partial charge in [0, 0.05) is 19.2 Å².